The Morgan fingerprint density at radius 3 is 2.52 bits per heavy atom. The second kappa shape index (κ2) is 5.57. The largest absolute Gasteiger partial charge is 0.359 e. The average molecular weight is 313 g/mol. The highest BCUT2D eigenvalue weighted by Gasteiger charge is 2.39. The number of carbonyl (C=O) groups is 1. The van der Waals surface area contributed by atoms with Gasteiger partial charge in [-0.05, 0) is 31.5 Å². The smallest absolute Gasteiger partial charge is 0.319 e. The maximum Gasteiger partial charge on any atom is 0.319 e. The van der Waals surface area contributed by atoms with E-state index in [9.17, 15) is 9.18 Å². The molecule has 3 rings (SSSR count). The number of fused-ring (bicyclic) bond motifs is 1. The summed E-state index contributed by atoms with van der Waals surface area (Å²) in [6, 6.07) is 14.2. The molecule has 1 heterocycles. The second-order valence-electron chi connectivity index (χ2n) is 6.42. The number of nitrogens with two attached hydrogens (primary N) is 1. The summed E-state index contributed by atoms with van der Waals surface area (Å²) in [5.41, 5.74) is 7.17. The number of carbonyl (C=O) groups excluding carboxylic acids is 1. The molecular formula is C18H20FN3O. The number of para-hydroxylation sites is 1. The molecule has 1 aliphatic heterocycles. The predicted molar refractivity (Wildman–Crippen MR) is 90.0 cm³/mol. The van der Waals surface area contributed by atoms with E-state index in [1.165, 1.54) is 11.0 Å². The Morgan fingerprint density at radius 2 is 1.87 bits per heavy atom. The standard InChI is InChI=1S/C18H20FN3O/c1-18(2)12-21(17(20)23)16-14(19)9-6-10-15(16)22(18)11-13-7-4-3-5-8-13/h3-10H,11-12H2,1-2H3,(H2,20,23). The third kappa shape index (κ3) is 2.74. The summed E-state index contributed by atoms with van der Waals surface area (Å²) in [5, 5.41) is 0. The van der Waals surface area contributed by atoms with Crippen molar-refractivity contribution in [2.75, 3.05) is 16.3 Å². The van der Waals surface area contributed by atoms with Crippen LogP contribution < -0.4 is 15.5 Å². The highest BCUT2D eigenvalue weighted by Crippen LogP contribution is 2.42. The van der Waals surface area contributed by atoms with Gasteiger partial charge in [0.05, 0.1) is 17.8 Å². The van der Waals surface area contributed by atoms with Gasteiger partial charge in [-0.2, -0.15) is 0 Å². The summed E-state index contributed by atoms with van der Waals surface area (Å²) < 4.78 is 14.4. The number of hydrogen-bond donors (Lipinski definition) is 1. The molecule has 120 valence electrons. The molecule has 2 aromatic rings. The molecule has 0 unspecified atom stereocenters. The molecule has 1 aliphatic rings. The number of amides is 2. The van der Waals surface area contributed by atoms with Crippen molar-refractivity contribution in [2.45, 2.75) is 25.9 Å². The topological polar surface area (TPSA) is 49.6 Å². The normalized spacial score (nSPS) is 16.1. The van der Waals surface area contributed by atoms with E-state index in [0.29, 0.717) is 18.8 Å². The van der Waals surface area contributed by atoms with Crippen molar-refractivity contribution in [2.24, 2.45) is 5.73 Å². The van der Waals surface area contributed by atoms with Crippen molar-refractivity contribution in [3.63, 3.8) is 0 Å². The van der Waals surface area contributed by atoms with Gasteiger partial charge in [-0.1, -0.05) is 36.4 Å². The predicted octanol–water partition coefficient (Wildman–Crippen LogP) is 3.51. The maximum atomic E-state index is 14.4. The summed E-state index contributed by atoms with van der Waals surface area (Å²) in [7, 11) is 0. The van der Waals surface area contributed by atoms with Crippen LogP contribution in [0.3, 0.4) is 0 Å². The highest BCUT2D eigenvalue weighted by atomic mass is 19.1. The van der Waals surface area contributed by atoms with Gasteiger partial charge in [-0.25, -0.2) is 9.18 Å². The zero-order valence-corrected chi connectivity index (χ0v) is 13.3. The van der Waals surface area contributed by atoms with Gasteiger partial charge in [0.1, 0.15) is 11.5 Å². The molecule has 0 spiro atoms. The molecule has 0 atom stereocenters. The Bertz CT molecular complexity index is 730. The molecule has 0 fully saturated rings. The van der Waals surface area contributed by atoms with E-state index in [0.717, 1.165) is 5.56 Å². The van der Waals surface area contributed by atoms with E-state index in [-0.39, 0.29) is 11.2 Å². The monoisotopic (exact) mass is 313 g/mol. The van der Waals surface area contributed by atoms with E-state index in [4.69, 9.17) is 5.73 Å². The van der Waals surface area contributed by atoms with Crippen LogP contribution in [0.5, 0.6) is 0 Å². The Morgan fingerprint density at radius 1 is 1.17 bits per heavy atom. The lowest BCUT2D eigenvalue weighted by atomic mass is 9.95. The summed E-state index contributed by atoms with van der Waals surface area (Å²) in [6.07, 6.45) is 0. The van der Waals surface area contributed by atoms with Gasteiger partial charge in [0.25, 0.3) is 0 Å². The number of primary amides is 1. The summed E-state index contributed by atoms with van der Waals surface area (Å²) in [4.78, 5) is 15.2. The molecule has 0 aliphatic carbocycles. The molecule has 2 N–H and O–H groups in total. The van der Waals surface area contributed by atoms with Crippen molar-refractivity contribution in [1.29, 1.82) is 0 Å². The first-order chi connectivity index (χ1) is 10.9. The Hall–Kier alpha value is -2.56. The van der Waals surface area contributed by atoms with Crippen LogP contribution in [0.25, 0.3) is 0 Å². The lowest BCUT2D eigenvalue weighted by Crippen LogP contribution is -2.58. The van der Waals surface area contributed by atoms with Crippen LogP contribution >= 0.6 is 0 Å². The number of anilines is 2. The van der Waals surface area contributed by atoms with Crippen LogP contribution in [0.15, 0.2) is 48.5 Å². The Labute approximate surface area is 135 Å². The SMILES string of the molecule is CC1(C)CN(C(N)=O)c2c(F)cccc2N1Cc1ccccc1. The van der Waals surface area contributed by atoms with Crippen molar-refractivity contribution in [3.8, 4) is 0 Å². The van der Waals surface area contributed by atoms with E-state index in [1.807, 2.05) is 50.2 Å². The number of nitrogens with zero attached hydrogens (tertiary/aromatic N) is 2. The van der Waals surface area contributed by atoms with Crippen molar-refractivity contribution >= 4 is 17.4 Å². The number of benzene rings is 2. The summed E-state index contributed by atoms with van der Waals surface area (Å²) in [6.45, 7) is 5.03. The van der Waals surface area contributed by atoms with Crippen LogP contribution in [-0.4, -0.2) is 18.1 Å². The van der Waals surface area contributed by atoms with Gasteiger partial charge in [0.2, 0.25) is 0 Å². The van der Waals surface area contributed by atoms with Crippen LogP contribution in [0, 0.1) is 5.82 Å². The van der Waals surface area contributed by atoms with E-state index < -0.39 is 11.8 Å². The van der Waals surface area contributed by atoms with Gasteiger partial charge < -0.3 is 10.6 Å². The lowest BCUT2D eigenvalue weighted by molar-refractivity contribution is 0.251. The number of urea groups is 1. The zero-order chi connectivity index (χ0) is 16.6. The minimum atomic E-state index is -0.635. The lowest BCUT2D eigenvalue weighted by Gasteiger charge is -2.48. The van der Waals surface area contributed by atoms with Gasteiger partial charge in [0, 0.05) is 6.54 Å². The molecule has 5 heteroatoms. The van der Waals surface area contributed by atoms with Gasteiger partial charge in [-0.3, -0.25) is 4.90 Å². The fourth-order valence-corrected chi connectivity index (χ4v) is 3.12. The second-order valence-corrected chi connectivity index (χ2v) is 6.42. The fourth-order valence-electron chi connectivity index (χ4n) is 3.12. The first-order valence-corrected chi connectivity index (χ1v) is 7.57. The third-order valence-corrected chi connectivity index (χ3v) is 4.25. The van der Waals surface area contributed by atoms with Gasteiger partial charge in [-0.15, -0.1) is 0 Å². The van der Waals surface area contributed by atoms with Crippen molar-refractivity contribution in [3.05, 3.63) is 59.9 Å². The number of rotatable bonds is 2. The van der Waals surface area contributed by atoms with E-state index in [2.05, 4.69) is 4.90 Å². The molecular weight excluding hydrogens is 293 g/mol. The molecule has 0 bridgehead atoms. The quantitative estimate of drug-likeness (QED) is 0.922. The molecule has 23 heavy (non-hydrogen) atoms. The van der Waals surface area contributed by atoms with Crippen molar-refractivity contribution < 1.29 is 9.18 Å². The molecule has 0 saturated heterocycles. The highest BCUT2D eigenvalue weighted by molar-refractivity contribution is 5.96. The minimum Gasteiger partial charge on any atom is -0.359 e. The zero-order valence-electron chi connectivity index (χ0n) is 13.3. The fraction of sp³-hybridized carbons (Fsp3) is 0.278. The van der Waals surface area contributed by atoms with E-state index in [1.54, 1.807) is 6.07 Å². The Balaban J connectivity index is 2.10. The maximum absolute atomic E-state index is 14.4. The van der Waals surface area contributed by atoms with Gasteiger partial charge >= 0.3 is 6.03 Å². The summed E-state index contributed by atoms with van der Waals surface area (Å²) in [5.74, 6) is -0.435. The molecule has 0 aromatic heterocycles. The molecule has 0 saturated carbocycles. The molecule has 4 nitrogen and oxygen atoms in total. The first kappa shape index (κ1) is 15.3. The first-order valence-electron chi connectivity index (χ1n) is 7.57. The Kier molecular flexibility index (Phi) is 3.72. The van der Waals surface area contributed by atoms with Crippen LogP contribution in [0.2, 0.25) is 0 Å². The van der Waals surface area contributed by atoms with Crippen molar-refractivity contribution in [1.82, 2.24) is 0 Å². The third-order valence-electron chi connectivity index (χ3n) is 4.25. The molecule has 0 radical (unpaired) electrons. The minimum absolute atomic E-state index is 0.259. The van der Waals surface area contributed by atoms with E-state index >= 15 is 0 Å². The van der Waals surface area contributed by atoms with Crippen LogP contribution in [-0.2, 0) is 6.54 Å². The molecule has 2 aromatic carbocycles. The average Bonchev–Trinajstić information content (AvgIpc) is 2.50. The molecule has 2 amide bonds. The number of hydrogen-bond acceptors (Lipinski definition) is 2. The number of halogens is 1. The summed E-state index contributed by atoms with van der Waals surface area (Å²) >= 11 is 0. The van der Waals surface area contributed by atoms with Crippen LogP contribution in [0.4, 0.5) is 20.6 Å². The van der Waals surface area contributed by atoms with Crippen LogP contribution in [0.1, 0.15) is 19.4 Å². The van der Waals surface area contributed by atoms with Gasteiger partial charge in [0.15, 0.2) is 0 Å².